The largest absolute Gasteiger partial charge is 0.506 e. The van der Waals surface area contributed by atoms with Gasteiger partial charge in [0, 0.05) is 17.4 Å². The second kappa shape index (κ2) is 9.88. The van der Waals surface area contributed by atoms with Gasteiger partial charge in [0.05, 0.1) is 5.56 Å². The molecule has 0 saturated heterocycles. The average molecular weight is 437 g/mol. The number of aromatic hydroxyl groups is 1. The summed E-state index contributed by atoms with van der Waals surface area (Å²) in [5.41, 5.74) is 1.35. The van der Waals surface area contributed by atoms with Crippen molar-refractivity contribution in [1.29, 1.82) is 0 Å². The molecule has 6 heteroatoms. The van der Waals surface area contributed by atoms with Gasteiger partial charge >= 0.3 is 11.6 Å². The van der Waals surface area contributed by atoms with Crippen molar-refractivity contribution in [1.82, 2.24) is 0 Å². The van der Waals surface area contributed by atoms with E-state index in [2.05, 4.69) is 0 Å². The van der Waals surface area contributed by atoms with Crippen molar-refractivity contribution in [3.05, 3.63) is 82.2 Å². The smallest absolute Gasteiger partial charge is 0.353 e. The number of thioether (sulfide) groups is 1. The first-order valence-corrected chi connectivity index (χ1v) is 11.4. The molecule has 1 fully saturated rings. The van der Waals surface area contributed by atoms with Crippen molar-refractivity contribution in [3.63, 3.8) is 0 Å². The number of carbonyl (C=O) groups is 1. The van der Waals surface area contributed by atoms with Gasteiger partial charge in [-0.3, -0.25) is 0 Å². The molecule has 4 rings (SSSR count). The summed E-state index contributed by atoms with van der Waals surface area (Å²) >= 11 is 1.14. The molecule has 160 valence electrons. The standard InChI is InChI=1S/C25H24O5S/c26-21-15-22(17-9-3-1-4-10-17)30-25(28)23(21)31-16-18-11-7-8-14-20(18)24(27)29-19-12-5-2-6-13-19/h1,3-4,7-11,14-15,19,26H,2,5-6,12-13,16H2. The van der Waals surface area contributed by atoms with Crippen LogP contribution < -0.4 is 5.63 Å². The van der Waals surface area contributed by atoms with E-state index in [4.69, 9.17) is 9.15 Å². The Labute approximate surface area is 185 Å². The van der Waals surface area contributed by atoms with E-state index in [0.717, 1.165) is 43.0 Å². The molecule has 0 aliphatic heterocycles. The zero-order valence-electron chi connectivity index (χ0n) is 17.1. The van der Waals surface area contributed by atoms with Gasteiger partial charge < -0.3 is 14.3 Å². The summed E-state index contributed by atoms with van der Waals surface area (Å²) in [4.78, 5) is 25.3. The van der Waals surface area contributed by atoms with Crippen LogP contribution in [0.4, 0.5) is 0 Å². The molecule has 2 aromatic carbocycles. The molecule has 0 unspecified atom stereocenters. The molecule has 0 bridgehead atoms. The van der Waals surface area contributed by atoms with E-state index in [1.807, 2.05) is 30.3 Å². The Hall–Kier alpha value is -2.99. The van der Waals surface area contributed by atoms with Crippen LogP contribution in [0.15, 0.2) is 74.8 Å². The molecule has 1 aliphatic carbocycles. The van der Waals surface area contributed by atoms with Gasteiger partial charge in [0.1, 0.15) is 22.5 Å². The summed E-state index contributed by atoms with van der Waals surface area (Å²) < 4.78 is 11.1. The van der Waals surface area contributed by atoms with Crippen LogP contribution in [0, 0.1) is 0 Å². The van der Waals surface area contributed by atoms with Crippen LogP contribution in [0.1, 0.15) is 48.0 Å². The second-order valence-electron chi connectivity index (χ2n) is 7.59. The number of carbonyl (C=O) groups excluding carboxylic acids is 1. The Morgan fingerprint density at radius 1 is 1.03 bits per heavy atom. The molecule has 5 nitrogen and oxygen atoms in total. The van der Waals surface area contributed by atoms with E-state index in [1.165, 1.54) is 12.5 Å². The summed E-state index contributed by atoms with van der Waals surface area (Å²) in [5.74, 6) is 0.170. The zero-order valence-corrected chi connectivity index (χ0v) is 17.9. The predicted octanol–water partition coefficient (Wildman–Crippen LogP) is 5.79. The Morgan fingerprint density at radius 3 is 2.48 bits per heavy atom. The molecule has 0 spiro atoms. The number of ether oxygens (including phenoxy) is 1. The predicted molar refractivity (Wildman–Crippen MR) is 120 cm³/mol. The first-order valence-electron chi connectivity index (χ1n) is 10.5. The average Bonchev–Trinajstić information content (AvgIpc) is 2.80. The minimum Gasteiger partial charge on any atom is -0.506 e. The highest BCUT2D eigenvalue weighted by Gasteiger charge is 2.21. The fourth-order valence-electron chi connectivity index (χ4n) is 3.74. The Kier molecular flexibility index (Phi) is 6.77. The summed E-state index contributed by atoms with van der Waals surface area (Å²) in [5, 5.41) is 10.4. The van der Waals surface area contributed by atoms with Crippen molar-refractivity contribution in [2.75, 3.05) is 0 Å². The van der Waals surface area contributed by atoms with Crippen LogP contribution in [0.2, 0.25) is 0 Å². The third kappa shape index (κ3) is 5.20. The number of benzene rings is 2. The number of esters is 1. The highest BCUT2D eigenvalue weighted by Crippen LogP contribution is 2.32. The maximum atomic E-state index is 12.7. The van der Waals surface area contributed by atoms with E-state index < -0.39 is 5.63 Å². The number of hydrogen-bond donors (Lipinski definition) is 1. The molecule has 0 amide bonds. The zero-order chi connectivity index (χ0) is 21.6. The Balaban J connectivity index is 1.49. The molecule has 0 radical (unpaired) electrons. The molecule has 3 aromatic rings. The molecule has 1 saturated carbocycles. The third-order valence-electron chi connectivity index (χ3n) is 5.38. The number of hydrogen-bond acceptors (Lipinski definition) is 6. The second-order valence-corrected chi connectivity index (χ2v) is 8.58. The summed E-state index contributed by atoms with van der Waals surface area (Å²) in [6, 6.07) is 17.8. The fraction of sp³-hybridized carbons (Fsp3) is 0.280. The first-order chi connectivity index (χ1) is 15.1. The van der Waals surface area contributed by atoms with Gasteiger partial charge in [-0.1, -0.05) is 55.0 Å². The molecule has 1 heterocycles. The van der Waals surface area contributed by atoms with Crippen LogP contribution >= 0.6 is 11.8 Å². The van der Waals surface area contributed by atoms with Crippen molar-refractivity contribution in [2.45, 2.75) is 48.9 Å². The Bertz CT molecular complexity index is 1100. The highest BCUT2D eigenvalue weighted by molar-refractivity contribution is 7.98. The van der Waals surface area contributed by atoms with Gasteiger partial charge in [0.2, 0.25) is 0 Å². The monoisotopic (exact) mass is 436 g/mol. The quantitative estimate of drug-likeness (QED) is 0.389. The molecule has 1 N–H and O–H groups in total. The van der Waals surface area contributed by atoms with Crippen LogP contribution in [-0.2, 0) is 10.5 Å². The lowest BCUT2D eigenvalue weighted by Gasteiger charge is -2.22. The molecule has 31 heavy (non-hydrogen) atoms. The maximum Gasteiger partial charge on any atom is 0.353 e. The summed E-state index contributed by atoms with van der Waals surface area (Å²) in [6.45, 7) is 0. The molecular weight excluding hydrogens is 412 g/mol. The SMILES string of the molecule is O=C(OC1CCCCC1)c1ccccc1CSc1c(O)cc(-c2ccccc2)oc1=O. The van der Waals surface area contributed by atoms with E-state index >= 15 is 0 Å². The van der Waals surface area contributed by atoms with Crippen molar-refractivity contribution >= 4 is 17.7 Å². The lowest BCUT2D eigenvalue weighted by Crippen LogP contribution is -2.21. The minimum absolute atomic E-state index is 0.0245. The summed E-state index contributed by atoms with van der Waals surface area (Å²) in [6.07, 6.45) is 5.16. The molecular formula is C25H24O5S. The lowest BCUT2D eigenvalue weighted by atomic mass is 9.97. The normalized spacial score (nSPS) is 14.3. The van der Waals surface area contributed by atoms with Gasteiger partial charge in [0.25, 0.3) is 0 Å². The van der Waals surface area contributed by atoms with Gasteiger partial charge in [0.15, 0.2) is 0 Å². The van der Waals surface area contributed by atoms with Gasteiger partial charge in [-0.15, -0.1) is 11.8 Å². The van der Waals surface area contributed by atoms with Gasteiger partial charge in [-0.05, 0) is 37.3 Å². The van der Waals surface area contributed by atoms with E-state index in [1.54, 1.807) is 24.3 Å². The molecule has 0 atom stereocenters. The van der Waals surface area contributed by atoms with E-state index in [0.29, 0.717) is 22.6 Å². The van der Waals surface area contributed by atoms with Crippen molar-refractivity contribution < 1.29 is 19.1 Å². The fourth-order valence-corrected chi connectivity index (χ4v) is 4.66. The van der Waals surface area contributed by atoms with Crippen LogP contribution in [-0.4, -0.2) is 17.2 Å². The molecule has 1 aromatic heterocycles. The first kappa shape index (κ1) is 21.2. The lowest BCUT2D eigenvalue weighted by molar-refractivity contribution is 0.0210. The summed E-state index contributed by atoms with van der Waals surface area (Å²) in [7, 11) is 0. The van der Waals surface area contributed by atoms with Gasteiger partial charge in [-0.2, -0.15) is 0 Å². The van der Waals surface area contributed by atoms with Gasteiger partial charge in [-0.25, -0.2) is 9.59 Å². The van der Waals surface area contributed by atoms with E-state index in [-0.39, 0.29) is 22.7 Å². The third-order valence-corrected chi connectivity index (χ3v) is 6.50. The maximum absolute atomic E-state index is 12.7. The number of rotatable bonds is 6. The topological polar surface area (TPSA) is 76.7 Å². The van der Waals surface area contributed by atoms with E-state index in [9.17, 15) is 14.7 Å². The highest BCUT2D eigenvalue weighted by atomic mass is 32.2. The van der Waals surface area contributed by atoms with Crippen LogP contribution in [0.3, 0.4) is 0 Å². The minimum atomic E-state index is -0.605. The molecule has 1 aliphatic rings. The van der Waals surface area contributed by atoms with Crippen LogP contribution in [0.25, 0.3) is 11.3 Å². The Morgan fingerprint density at radius 2 is 1.74 bits per heavy atom. The van der Waals surface area contributed by atoms with Crippen LogP contribution in [0.5, 0.6) is 5.75 Å². The van der Waals surface area contributed by atoms with Crippen molar-refractivity contribution in [3.8, 4) is 17.1 Å². The van der Waals surface area contributed by atoms with Crippen molar-refractivity contribution in [2.24, 2.45) is 0 Å².